The minimum atomic E-state index is -0.482. The molecule has 13 nitrogen and oxygen atoms in total. The van der Waals surface area contributed by atoms with Gasteiger partial charge in [0.25, 0.3) is 11.6 Å². The van der Waals surface area contributed by atoms with Crippen molar-refractivity contribution < 1.29 is 33.5 Å². The number of para-hydroxylation sites is 2. The molecule has 2 heterocycles. The number of carbonyl (C=O) groups excluding carboxylic acids is 2. The van der Waals surface area contributed by atoms with Gasteiger partial charge in [-0.2, -0.15) is 0 Å². The predicted octanol–water partition coefficient (Wildman–Crippen LogP) is 7.59. The maximum absolute atomic E-state index is 13.7. The molecule has 56 heavy (non-hydrogen) atoms. The van der Waals surface area contributed by atoms with E-state index in [1.165, 1.54) is 37.6 Å². The van der Waals surface area contributed by atoms with E-state index in [2.05, 4.69) is 41.1 Å². The Morgan fingerprint density at radius 3 is 2.18 bits per heavy atom. The number of aliphatic imine (C=N–C) groups is 1. The maximum Gasteiger partial charge on any atom is 0.270 e. The van der Waals surface area contributed by atoms with Crippen LogP contribution < -0.4 is 34.1 Å². The van der Waals surface area contributed by atoms with Crippen molar-refractivity contribution in [3.8, 4) is 23.0 Å². The van der Waals surface area contributed by atoms with Gasteiger partial charge >= 0.3 is 0 Å². The zero-order chi connectivity index (χ0) is 39.3. The van der Waals surface area contributed by atoms with Crippen LogP contribution >= 0.6 is 0 Å². The van der Waals surface area contributed by atoms with Gasteiger partial charge in [-0.15, -0.1) is 0 Å². The number of anilines is 3. The monoisotopic (exact) mass is 755 g/mol. The number of likely N-dealkylation sites (N-methyl/N-ethyl adjacent to an activating group) is 1. The summed E-state index contributed by atoms with van der Waals surface area (Å²) < 4.78 is 23.5. The first-order valence-corrected chi connectivity index (χ1v) is 18.0. The number of hydrogen-bond acceptors (Lipinski definition) is 11. The number of nitrogens with zero attached hydrogens (tertiary/aromatic N) is 4. The molecule has 2 aliphatic rings. The molecule has 1 N–H and O–H groups in total. The fourth-order valence-corrected chi connectivity index (χ4v) is 7.31. The standard InChI is InChI=1S/C43H41N5O8/c1-44-36-22-42(40(54-4)20-34(36)43(50)47-14-13-29-9-5-8-12-38(29)47)56-26-28-15-27(16-32(17-28)48(51)52)25-55-41-21-35(31(24-49)19-39(41)53-3)45-23-33-18-30-10-6-7-11-37(30)46(33)2/h5-12,15-17,19-22,24,33,45H,1,13-14,18,23,25-26H2,2-4H3. The number of ether oxygens (including phenoxy) is 4. The number of aldehydes is 1. The molecule has 0 bridgehead atoms. The maximum atomic E-state index is 13.7. The third kappa shape index (κ3) is 7.56. The van der Waals surface area contributed by atoms with E-state index < -0.39 is 4.92 Å². The van der Waals surface area contributed by atoms with Gasteiger partial charge in [-0.25, -0.2) is 0 Å². The Balaban J connectivity index is 1.07. The van der Waals surface area contributed by atoms with Gasteiger partial charge in [0.1, 0.15) is 13.2 Å². The molecule has 0 saturated carbocycles. The summed E-state index contributed by atoms with van der Waals surface area (Å²) in [7, 11) is 5.00. The summed E-state index contributed by atoms with van der Waals surface area (Å²) >= 11 is 0. The molecule has 0 radical (unpaired) electrons. The number of nitro groups is 1. The van der Waals surface area contributed by atoms with E-state index in [4.69, 9.17) is 18.9 Å². The van der Waals surface area contributed by atoms with Gasteiger partial charge in [0.15, 0.2) is 29.3 Å². The summed E-state index contributed by atoms with van der Waals surface area (Å²) in [6.45, 7) is 4.68. The number of amides is 1. The second-order valence-corrected chi connectivity index (χ2v) is 13.5. The number of non-ortho nitro benzene ring substituents is 1. The van der Waals surface area contributed by atoms with Crippen LogP contribution in [0.25, 0.3) is 0 Å². The summed E-state index contributed by atoms with van der Waals surface area (Å²) in [6, 6.07) is 27.3. The van der Waals surface area contributed by atoms with Gasteiger partial charge in [-0.1, -0.05) is 36.4 Å². The zero-order valence-electron chi connectivity index (χ0n) is 31.3. The molecule has 1 amide bonds. The Morgan fingerprint density at radius 1 is 0.893 bits per heavy atom. The van der Waals surface area contributed by atoms with E-state index in [0.717, 1.165) is 30.4 Å². The molecule has 0 spiro atoms. The molecule has 13 heteroatoms. The average molecular weight is 756 g/mol. The molecule has 1 atom stereocenters. The number of benzene rings is 5. The van der Waals surface area contributed by atoms with Crippen LogP contribution in [0.4, 0.5) is 28.4 Å². The van der Waals surface area contributed by atoms with Crippen LogP contribution in [0.15, 0.2) is 96.0 Å². The zero-order valence-corrected chi connectivity index (χ0v) is 31.3. The van der Waals surface area contributed by atoms with Crippen LogP contribution in [0.2, 0.25) is 0 Å². The number of carbonyl (C=O) groups is 2. The fourth-order valence-electron chi connectivity index (χ4n) is 7.31. The van der Waals surface area contributed by atoms with E-state index >= 15 is 0 Å². The Bertz CT molecular complexity index is 2330. The number of fused-ring (bicyclic) bond motifs is 2. The lowest BCUT2D eigenvalue weighted by molar-refractivity contribution is -0.385. The van der Waals surface area contributed by atoms with Crippen LogP contribution in [0.5, 0.6) is 23.0 Å². The van der Waals surface area contributed by atoms with Crippen molar-refractivity contribution in [1.82, 2.24) is 0 Å². The van der Waals surface area contributed by atoms with Gasteiger partial charge in [-0.3, -0.25) is 24.7 Å². The molecule has 2 aliphatic heterocycles. The Morgan fingerprint density at radius 2 is 1.54 bits per heavy atom. The van der Waals surface area contributed by atoms with Gasteiger partial charge < -0.3 is 34.1 Å². The van der Waals surface area contributed by atoms with Crippen molar-refractivity contribution >= 4 is 47.3 Å². The Hall–Kier alpha value is -6.89. The average Bonchev–Trinajstić information content (AvgIpc) is 3.81. The highest BCUT2D eigenvalue weighted by molar-refractivity contribution is 6.10. The van der Waals surface area contributed by atoms with Crippen LogP contribution in [0.3, 0.4) is 0 Å². The van der Waals surface area contributed by atoms with E-state index in [1.807, 2.05) is 36.4 Å². The number of hydrogen-bond donors (Lipinski definition) is 1. The van der Waals surface area contributed by atoms with Gasteiger partial charge in [0.2, 0.25) is 0 Å². The van der Waals surface area contributed by atoms with Crippen LogP contribution in [-0.4, -0.2) is 64.2 Å². The normalized spacial score (nSPS) is 14.1. The first kappa shape index (κ1) is 37.4. The lowest BCUT2D eigenvalue weighted by Crippen LogP contribution is -2.34. The van der Waals surface area contributed by atoms with Crippen LogP contribution in [0.1, 0.15) is 43.0 Å². The third-order valence-corrected chi connectivity index (χ3v) is 10.2. The molecule has 0 aliphatic carbocycles. The fraction of sp³-hybridized carbons (Fsp3) is 0.233. The molecule has 286 valence electrons. The lowest BCUT2D eigenvalue weighted by atomic mass is 10.1. The van der Waals surface area contributed by atoms with E-state index in [-0.39, 0.29) is 36.6 Å². The molecule has 5 aromatic rings. The highest BCUT2D eigenvalue weighted by Gasteiger charge is 2.29. The van der Waals surface area contributed by atoms with Gasteiger partial charge in [0.05, 0.1) is 36.4 Å². The van der Waals surface area contributed by atoms with E-state index in [0.29, 0.717) is 64.0 Å². The predicted molar refractivity (Wildman–Crippen MR) is 215 cm³/mol. The molecule has 0 aromatic heterocycles. The molecular formula is C43H41N5O8. The summed E-state index contributed by atoms with van der Waals surface area (Å²) in [5.41, 5.74) is 6.85. The van der Waals surface area contributed by atoms with Crippen molar-refractivity contribution in [3.05, 3.63) is 134 Å². The first-order chi connectivity index (χ1) is 27.2. The van der Waals surface area contributed by atoms with Crippen molar-refractivity contribution in [2.24, 2.45) is 4.99 Å². The van der Waals surface area contributed by atoms with Gasteiger partial charge in [0, 0.05) is 67.0 Å². The Kier molecular flexibility index (Phi) is 10.8. The minimum Gasteiger partial charge on any atom is -0.493 e. The quantitative estimate of drug-likeness (QED) is 0.0491. The topological polar surface area (TPSA) is 145 Å². The summed E-state index contributed by atoms with van der Waals surface area (Å²) in [4.78, 5) is 45.4. The number of nitro benzene ring substituents is 1. The third-order valence-electron chi connectivity index (χ3n) is 10.2. The van der Waals surface area contributed by atoms with Crippen molar-refractivity contribution in [1.29, 1.82) is 0 Å². The van der Waals surface area contributed by atoms with Crippen molar-refractivity contribution in [2.45, 2.75) is 32.1 Å². The molecule has 5 aromatic carbocycles. The van der Waals surface area contributed by atoms with Gasteiger partial charge in [-0.05, 0) is 72.1 Å². The molecule has 7 rings (SSSR count). The number of rotatable bonds is 15. The summed E-state index contributed by atoms with van der Waals surface area (Å²) in [5, 5.41) is 15.4. The van der Waals surface area contributed by atoms with Crippen LogP contribution in [-0.2, 0) is 26.1 Å². The lowest BCUT2D eigenvalue weighted by Gasteiger charge is -2.24. The molecule has 0 saturated heterocycles. The largest absolute Gasteiger partial charge is 0.493 e. The smallest absolute Gasteiger partial charge is 0.270 e. The second kappa shape index (κ2) is 16.2. The van der Waals surface area contributed by atoms with E-state index in [1.54, 1.807) is 35.2 Å². The van der Waals surface area contributed by atoms with Crippen LogP contribution in [0, 0.1) is 10.1 Å². The Labute approximate surface area is 324 Å². The molecule has 0 fully saturated rings. The number of methoxy groups -OCH3 is 2. The van der Waals surface area contributed by atoms with E-state index in [9.17, 15) is 19.7 Å². The number of nitrogens with one attached hydrogen (secondary N) is 1. The summed E-state index contributed by atoms with van der Waals surface area (Å²) in [5.74, 6) is 1.03. The highest BCUT2D eigenvalue weighted by Crippen LogP contribution is 2.39. The van der Waals surface area contributed by atoms with Crippen molar-refractivity contribution in [2.75, 3.05) is 49.5 Å². The first-order valence-electron chi connectivity index (χ1n) is 18.0. The second-order valence-electron chi connectivity index (χ2n) is 13.5. The summed E-state index contributed by atoms with van der Waals surface area (Å²) in [6.07, 6.45) is 2.38. The molecular weight excluding hydrogens is 714 g/mol. The van der Waals surface area contributed by atoms with Crippen molar-refractivity contribution in [3.63, 3.8) is 0 Å². The molecule has 1 unspecified atom stereocenters. The SMILES string of the molecule is C=Nc1cc(OCc2cc(COc3cc(NCC4Cc5ccccc5N4C)c(C=O)cc3OC)cc([N+](=O)[O-])c2)c(OC)cc1C(=O)N1CCc2ccccc21. The minimum absolute atomic E-state index is 0.0458. The highest BCUT2D eigenvalue weighted by atomic mass is 16.6.